The van der Waals surface area contributed by atoms with E-state index in [-0.39, 0.29) is 0 Å². The summed E-state index contributed by atoms with van der Waals surface area (Å²) in [6.07, 6.45) is 3.41. The fourth-order valence-corrected chi connectivity index (χ4v) is 0.570. The highest BCUT2D eigenvalue weighted by Gasteiger charge is 2.12. The van der Waals surface area contributed by atoms with E-state index in [0.29, 0.717) is 6.61 Å². The van der Waals surface area contributed by atoms with Crippen LogP contribution in [-0.4, -0.2) is 18.6 Å². The van der Waals surface area contributed by atoms with E-state index in [1.807, 2.05) is 0 Å². The van der Waals surface area contributed by atoms with Crippen LogP contribution in [0.3, 0.4) is 0 Å². The fraction of sp³-hybridized carbons (Fsp3) is 0.400. The zero-order valence-electron chi connectivity index (χ0n) is 4.83. The molecule has 4 heteroatoms. The number of nitrogens with two attached hydrogens (primary N) is 1. The Morgan fingerprint density at radius 1 is 1.89 bits per heavy atom. The summed E-state index contributed by atoms with van der Waals surface area (Å²) in [4.78, 5) is 15.1. The van der Waals surface area contributed by atoms with Crippen LogP contribution >= 0.6 is 0 Å². The molecule has 3 N–H and O–H groups in total. The number of hydrogen-bond donors (Lipinski definition) is 2. The van der Waals surface area contributed by atoms with Crippen molar-refractivity contribution in [3.8, 4) is 0 Å². The molecular formula is C5H8N2O2. The van der Waals surface area contributed by atoms with Crippen LogP contribution in [0.1, 0.15) is 0 Å². The number of nitrogens with one attached hydrogen (secondary N) is 1. The molecule has 9 heavy (non-hydrogen) atoms. The van der Waals surface area contributed by atoms with Gasteiger partial charge in [0.15, 0.2) is 0 Å². The van der Waals surface area contributed by atoms with Crippen molar-refractivity contribution in [2.75, 3.05) is 6.61 Å². The first-order valence-electron chi connectivity index (χ1n) is 2.64. The van der Waals surface area contributed by atoms with E-state index in [0.717, 1.165) is 0 Å². The van der Waals surface area contributed by atoms with Crippen LogP contribution in [-0.2, 0) is 9.63 Å². The van der Waals surface area contributed by atoms with E-state index in [1.165, 1.54) is 0 Å². The number of carbonyl (C=O) groups excluding carboxylic acids is 1. The number of hydroxylamine groups is 1. The molecule has 0 aromatic heterocycles. The molecule has 1 aliphatic heterocycles. The second kappa shape index (κ2) is 2.61. The van der Waals surface area contributed by atoms with Gasteiger partial charge in [-0.15, -0.1) is 0 Å². The number of hydrogen-bond acceptors (Lipinski definition) is 3. The van der Waals surface area contributed by atoms with Crippen LogP contribution in [0.5, 0.6) is 0 Å². The maximum Gasteiger partial charge on any atom is 0.240 e. The summed E-state index contributed by atoms with van der Waals surface area (Å²) in [5.41, 5.74) is 7.39. The average molecular weight is 128 g/mol. The highest BCUT2D eigenvalue weighted by Crippen LogP contribution is 1.91. The number of rotatable bonds is 1. The smallest absolute Gasteiger partial charge is 0.240 e. The Kier molecular flexibility index (Phi) is 1.81. The molecule has 0 saturated heterocycles. The van der Waals surface area contributed by atoms with Gasteiger partial charge in [0.25, 0.3) is 0 Å². The highest BCUT2D eigenvalue weighted by atomic mass is 16.6. The van der Waals surface area contributed by atoms with Crippen molar-refractivity contribution in [1.29, 1.82) is 0 Å². The molecule has 1 amide bonds. The molecule has 50 valence electrons. The lowest BCUT2D eigenvalue weighted by Crippen LogP contribution is -2.41. The van der Waals surface area contributed by atoms with Crippen molar-refractivity contribution < 1.29 is 9.63 Å². The molecule has 1 rings (SSSR count). The standard InChI is InChI=1S/C5H8N2O2/c6-5(8)4-2-1-3-9-7-4/h1-2,4,7H,3H2,(H2,6,8). The van der Waals surface area contributed by atoms with Gasteiger partial charge < -0.3 is 5.73 Å². The van der Waals surface area contributed by atoms with E-state index in [2.05, 4.69) is 5.48 Å². The average Bonchev–Trinajstić information content (AvgIpc) is 1.90. The van der Waals surface area contributed by atoms with Crippen LogP contribution in [0.25, 0.3) is 0 Å². The van der Waals surface area contributed by atoms with Crippen molar-refractivity contribution in [3.05, 3.63) is 12.2 Å². The summed E-state index contributed by atoms with van der Waals surface area (Å²) >= 11 is 0. The third-order valence-corrected chi connectivity index (χ3v) is 1.02. The molecule has 0 aromatic rings. The lowest BCUT2D eigenvalue weighted by atomic mass is 10.2. The Morgan fingerprint density at radius 2 is 2.67 bits per heavy atom. The second-order valence-electron chi connectivity index (χ2n) is 1.74. The van der Waals surface area contributed by atoms with Crippen molar-refractivity contribution in [3.63, 3.8) is 0 Å². The Morgan fingerprint density at radius 3 is 3.00 bits per heavy atom. The molecular weight excluding hydrogens is 120 g/mol. The van der Waals surface area contributed by atoms with Gasteiger partial charge in [-0.2, -0.15) is 5.48 Å². The van der Waals surface area contributed by atoms with Gasteiger partial charge in [-0.05, 0) is 0 Å². The van der Waals surface area contributed by atoms with Gasteiger partial charge in [-0.25, -0.2) is 0 Å². The van der Waals surface area contributed by atoms with Gasteiger partial charge in [0.2, 0.25) is 5.91 Å². The van der Waals surface area contributed by atoms with Crippen LogP contribution in [0.15, 0.2) is 12.2 Å². The third kappa shape index (κ3) is 1.51. The van der Waals surface area contributed by atoms with Crippen molar-refractivity contribution in [2.45, 2.75) is 6.04 Å². The molecule has 0 aromatic carbocycles. The minimum Gasteiger partial charge on any atom is -0.368 e. The number of primary amides is 1. The molecule has 0 aliphatic carbocycles. The number of carbonyl (C=O) groups is 1. The first-order valence-corrected chi connectivity index (χ1v) is 2.64. The largest absolute Gasteiger partial charge is 0.368 e. The van der Waals surface area contributed by atoms with Gasteiger partial charge in [0, 0.05) is 0 Å². The van der Waals surface area contributed by atoms with Gasteiger partial charge >= 0.3 is 0 Å². The third-order valence-electron chi connectivity index (χ3n) is 1.02. The van der Waals surface area contributed by atoms with Gasteiger partial charge in [0.05, 0.1) is 6.61 Å². The van der Waals surface area contributed by atoms with E-state index in [1.54, 1.807) is 12.2 Å². The van der Waals surface area contributed by atoms with Crippen molar-refractivity contribution in [1.82, 2.24) is 5.48 Å². The fourth-order valence-electron chi connectivity index (χ4n) is 0.570. The van der Waals surface area contributed by atoms with E-state index >= 15 is 0 Å². The Bertz CT molecular complexity index is 144. The van der Waals surface area contributed by atoms with Crippen LogP contribution < -0.4 is 11.2 Å². The summed E-state index contributed by atoms with van der Waals surface area (Å²) in [6, 6.07) is -0.459. The van der Waals surface area contributed by atoms with Crippen LogP contribution in [0, 0.1) is 0 Å². The summed E-state index contributed by atoms with van der Waals surface area (Å²) in [6.45, 7) is 0.490. The zero-order valence-corrected chi connectivity index (χ0v) is 4.83. The van der Waals surface area contributed by atoms with Crippen LogP contribution in [0.2, 0.25) is 0 Å². The first kappa shape index (κ1) is 6.25. The van der Waals surface area contributed by atoms with E-state index in [4.69, 9.17) is 10.6 Å². The van der Waals surface area contributed by atoms with Crippen molar-refractivity contribution >= 4 is 5.91 Å². The molecule has 0 spiro atoms. The molecule has 1 heterocycles. The maximum absolute atomic E-state index is 10.4. The quantitative estimate of drug-likeness (QED) is 0.442. The zero-order chi connectivity index (χ0) is 6.69. The second-order valence-corrected chi connectivity index (χ2v) is 1.74. The lowest BCUT2D eigenvalue weighted by molar-refractivity contribution is -0.122. The highest BCUT2D eigenvalue weighted by molar-refractivity contribution is 5.81. The summed E-state index contributed by atoms with van der Waals surface area (Å²) in [5.74, 6) is -0.425. The molecule has 1 atom stereocenters. The van der Waals surface area contributed by atoms with Crippen LogP contribution in [0.4, 0.5) is 0 Å². The van der Waals surface area contributed by atoms with Gasteiger partial charge in [0.1, 0.15) is 6.04 Å². The molecule has 0 radical (unpaired) electrons. The predicted octanol–water partition coefficient (Wildman–Crippen LogP) is -1.07. The first-order chi connectivity index (χ1) is 4.30. The summed E-state index contributed by atoms with van der Waals surface area (Å²) < 4.78 is 0. The van der Waals surface area contributed by atoms with E-state index < -0.39 is 11.9 Å². The molecule has 1 aliphatic rings. The normalized spacial score (nSPS) is 26.0. The minimum atomic E-state index is -0.459. The maximum atomic E-state index is 10.4. The molecule has 0 saturated carbocycles. The molecule has 4 nitrogen and oxygen atoms in total. The monoisotopic (exact) mass is 128 g/mol. The molecule has 1 unspecified atom stereocenters. The minimum absolute atomic E-state index is 0.425. The van der Waals surface area contributed by atoms with Gasteiger partial charge in [-0.3, -0.25) is 9.63 Å². The molecule has 0 fully saturated rings. The Hall–Kier alpha value is -0.870. The predicted molar refractivity (Wildman–Crippen MR) is 31.2 cm³/mol. The van der Waals surface area contributed by atoms with Gasteiger partial charge in [-0.1, -0.05) is 12.2 Å². The molecule has 0 bridgehead atoms. The van der Waals surface area contributed by atoms with Crippen molar-refractivity contribution in [2.24, 2.45) is 5.73 Å². The summed E-state index contributed by atoms with van der Waals surface area (Å²) in [5, 5.41) is 0. The Labute approximate surface area is 52.6 Å². The topological polar surface area (TPSA) is 64.4 Å². The SMILES string of the molecule is NC(=O)C1C=CCON1. The lowest BCUT2D eigenvalue weighted by Gasteiger charge is -2.13. The van der Waals surface area contributed by atoms with E-state index in [9.17, 15) is 4.79 Å². The summed E-state index contributed by atoms with van der Waals surface area (Å²) in [7, 11) is 0. The number of amides is 1. The Balaban J connectivity index is 2.50.